The van der Waals surface area contributed by atoms with Crippen molar-refractivity contribution in [1.82, 2.24) is 24.8 Å². The van der Waals surface area contributed by atoms with Crippen LogP contribution >= 0.6 is 0 Å². The van der Waals surface area contributed by atoms with Crippen LogP contribution in [0.1, 0.15) is 46.5 Å². The van der Waals surface area contributed by atoms with Crippen LogP contribution in [0.3, 0.4) is 0 Å². The van der Waals surface area contributed by atoms with Crippen LogP contribution in [0.25, 0.3) is 11.0 Å². The molecule has 0 unspecified atom stereocenters. The number of amides is 1. The molecular formula is C34H57N9O7. The number of piperazine rings is 1. The third-order valence-electron chi connectivity index (χ3n) is 8.81. The summed E-state index contributed by atoms with van der Waals surface area (Å²) in [6.07, 6.45) is 2.64. The van der Waals surface area contributed by atoms with E-state index in [2.05, 4.69) is 4.90 Å². The van der Waals surface area contributed by atoms with E-state index in [0.29, 0.717) is 100 Å². The van der Waals surface area contributed by atoms with Crippen molar-refractivity contribution in [1.29, 1.82) is 0 Å². The first-order chi connectivity index (χ1) is 24.0. The van der Waals surface area contributed by atoms with E-state index in [4.69, 9.17) is 43.6 Å². The molecule has 0 spiro atoms. The Labute approximate surface area is 296 Å². The van der Waals surface area contributed by atoms with Crippen molar-refractivity contribution in [2.24, 2.45) is 0 Å². The number of likely N-dealkylation sites (N-methyl/N-ethyl adjacent to an activating group) is 1. The van der Waals surface area contributed by atoms with Gasteiger partial charge in [-0.2, -0.15) is 9.97 Å². The summed E-state index contributed by atoms with van der Waals surface area (Å²) < 4.78 is 27.6. The predicted octanol–water partition coefficient (Wildman–Crippen LogP) is 1.99. The predicted molar refractivity (Wildman–Crippen MR) is 192 cm³/mol. The number of piperidine rings is 1. The molecule has 2 aliphatic rings. The number of hydrogen-bond donors (Lipinski definition) is 0. The third-order valence-corrected chi connectivity index (χ3v) is 8.81. The van der Waals surface area contributed by atoms with E-state index in [1.807, 2.05) is 42.5 Å². The minimum atomic E-state index is -0.554. The summed E-state index contributed by atoms with van der Waals surface area (Å²) in [5, 5.41) is 0. The fourth-order valence-corrected chi connectivity index (χ4v) is 5.96. The Kier molecular flexibility index (Phi) is 14.6. The number of esters is 1. The number of carbonyl (C=O) groups is 2. The zero-order chi connectivity index (χ0) is 36.3. The molecule has 2 fully saturated rings. The lowest BCUT2D eigenvalue weighted by molar-refractivity contribution is -0.154. The molecule has 50 heavy (non-hydrogen) atoms. The number of hydrogen-bond acceptors (Lipinski definition) is 15. The zero-order valence-corrected chi connectivity index (χ0v) is 31.3. The first kappa shape index (κ1) is 39.2. The highest BCUT2D eigenvalue weighted by molar-refractivity contribution is 5.96. The molecule has 4 heterocycles. The maximum Gasteiger partial charge on any atom is 0.306 e. The molecule has 2 aromatic heterocycles. The molecule has 280 valence electrons. The van der Waals surface area contributed by atoms with Gasteiger partial charge < -0.3 is 48.2 Å². The molecule has 16 nitrogen and oxygen atoms in total. The van der Waals surface area contributed by atoms with E-state index < -0.39 is 5.60 Å². The van der Waals surface area contributed by atoms with Crippen molar-refractivity contribution < 1.29 is 33.3 Å². The van der Waals surface area contributed by atoms with E-state index in [1.165, 1.54) is 0 Å². The van der Waals surface area contributed by atoms with Crippen LogP contribution in [0.15, 0.2) is 0 Å². The second kappa shape index (κ2) is 18.6. The second-order valence-electron chi connectivity index (χ2n) is 13.7. The summed E-state index contributed by atoms with van der Waals surface area (Å²) in [4.78, 5) is 56.2. The lowest BCUT2D eigenvalue weighted by atomic mass is 10.1. The maximum atomic E-state index is 13.0. The van der Waals surface area contributed by atoms with Crippen molar-refractivity contribution in [3.63, 3.8) is 0 Å². The van der Waals surface area contributed by atoms with Crippen molar-refractivity contribution in [3.8, 4) is 0 Å². The zero-order valence-electron chi connectivity index (χ0n) is 31.3. The van der Waals surface area contributed by atoms with Crippen LogP contribution in [0, 0.1) is 0 Å². The van der Waals surface area contributed by atoms with Gasteiger partial charge in [0, 0.05) is 94.3 Å². The largest absolute Gasteiger partial charge is 0.460 e. The van der Waals surface area contributed by atoms with Gasteiger partial charge in [0.1, 0.15) is 16.6 Å². The lowest BCUT2D eigenvalue weighted by Gasteiger charge is -2.35. The quantitative estimate of drug-likeness (QED) is 0.208. The normalized spacial score (nSPS) is 16.0. The van der Waals surface area contributed by atoms with Crippen LogP contribution in [0.5, 0.6) is 0 Å². The fourth-order valence-electron chi connectivity index (χ4n) is 5.96. The monoisotopic (exact) mass is 703 g/mol. The summed E-state index contributed by atoms with van der Waals surface area (Å²) in [7, 11) is 8.55. The van der Waals surface area contributed by atoms with Gasteiger partial charge in [0.25, 0.3) is 0 Å². The van der Waals surface area contributed by atoms with Gasteiger partial charge in [0.2, 0.25) is 17.8 Å². The lowest BCUT2D eigenvalue weighted by Crippen LogP contribution is -2.49. The molecule has 4 rings (SSSR count). The Morgan fingerprint density at radius 3 is 1.76 bits per heavy atom. The first-order valence-electron chi connectivity index (χ1n) is 17.5. The van der Waals surface area contributed by atoms with Crippen LogP contribution < -0.4 is 19.6 Å². The standard InChI is InChI=1S/C34H57N9O7/c1-34(2,3)50-27(45)10-9-13-41(18-21-46-5)32-36-29-28(30(37-32)40-14-11-25(49-8)12-15-40)35-33(42(19-22-47-6)20-23-48-7)38-31(29)43-17-16-39(4)26(44)24-43/h25H,9-24H2,1-8H3. The van der Waals surface area contributed by atoms with Crippen LogP contribution in [-0.4, -0.2) is 163 Å². The van der Waals surface area contributed by atoms with Crippen molar-refractivity contribution in [2.75, 3.05) is 134 Å². The Balaban J connectivity index is 1.87. The smallest absolute Gasteiger partial charge is 0.306 e. The minimum absolute atomic E-state index is 0.000175. The van der Waals surface area contributed by atoms with Crippen molar-refractivity contribution >= 4 is 46.4 Å². The van der Waals surface area contributed by atoms with Gasteiger partial charge in [-0.1, -0.05) is 0 Å². The average molecular weight is 704 g/mol. The number of nitrogens with zero attached hydrogens (tertiary/aromatic N) is 9. The summed E-state index contributed by atoms with van der Waals surface area (Å²) in [6.45, 7) is 11.8. The van der Waals surface area contributed by atoms with Gasteiger partial charge in [-0.3, -0.25) is 9.59 Å². The van der Waals surface area contributed by atoms with Crippen molar-refractivity contribution in [2.45, 2.75) is 58.2 Å². The Morgan fingerprint density at radius 2 is 1.28 bits per heavy atom. The molecule has 2 aliphatic heterocycles. The fraction of sp³-hybridized carbons (Fsp3) is 0.765. The average Bonchev–Trinajstić information content (AvgIpc) is 3.09. The number of carbonyl (C=O) groups excluding carboxylic acids is 2. The number of ether oxygens (including phenoxy) is 5. The molecule has 0 saturated carbocycles. The summed E-state index contributed by atoms with van der Waals surface area (Å²) in [5.74, 6) is 1.99. The Hall–Kier alpha value is -3.60. The molecule has 2 aromatic rings. The highest BCUT2D eigenvalue weighted by Gasteiger charge is 2.31. The first-order valence-corrected chi connectivity index (χ1v) is 17.5. The van der Waals surface area contributed by atoms with Crippen LogP contribution in [-0.2, 0) is 33.3 Å². The number of fused-ring (bicyclic) bond motifs is 1. The topological polar surface area (TPSA) is 148 Å². The number of methoxy groups -OCH3 is 4. The molecular weight excluding hydrogens is 646 g/mol. The third kappa shape index (κ3) is 10.7. The molecule has 0 N–H and O–H groups in total. The molecule has 0 radical (unpaired) electrons. The van der Waals surface area contributed by atoms with Gasteiger partial charge in [-0.05, 0) is 40.0 Å². The summed E-state index contributed by atoms with van der Waals surface area (Å²) >= 11 is 0. The maximum absolute atomic E-state index is 13.0. The highest BCUT2D eigenvalue weighted by atomic mass is 16.6. The molecule has 0 atom stereocenters. The van der Waals surface area contributed by atoms with Gasteiger partial charge in [-0.25, -0.2) is 9.97 Å². The van der Waals surface area contributed by atoms with E-state index in [-0.39, 0.29) is 30.9 Å². The number of anilines is 4. The van der Waals surface area contributed by atoms with E-state index >= 15 is 0 Å². The van der Waals surface area contributed by atoms with Crippen LogP contribution in [0.4, 0.5) is 23.5 Å². The number of rotatable bonds is 18. The van der Waals surface area contributed by atoms with Gasteiger partial charge in [0.15, 0.2) is 11.6 Å². The Morgan fingerprint density at radius 1 is 0.760 bits per heavy atom. The molecule has 2 saturated heterocycles. The van der Waals surface area contributed by atoms with Crippen LogP contribution in [0.2, 0.25) is 0 Å². The molecule has 0 bridgehead atoms. The van der Waals surface area contributed by atoms with E-state index in [1.54, 1.807) is 33.3 Å². The summed E-state index contributed by atoms with van der Waals surface area (Å²) in [6, 6.07) is 0. The van der Waals surface area contributed by atoms with E-state index in [9.17, 15) is 9.59 Å². The van der Waals surface area contributed by atoms with Gasteiger partial charge in [0.05, 0.1) is 32.5 Å². The molecule has 0 aromatic carbocycles. The SMILES string of the molecule is COCCN(CCOC)c1nc(N2CCN(C)C(=O)C2)c2nc(N(CCCC(=O)OC(C)(C)C)CCOC)nc(N3CCC(OC)CC3)c2n1. The number of aromatic nitrogens is 4. The molecule has 1 amide bonds. The molecule has 16 heteroatoms. The highest BCUT2D eigenvalue weighted by Crippen LogP contribution is 2.34. The Bertz CT molecular complexity index is 1390. The second-order valence-corrected chi connectivity index (χ2v) is 13.7. The van der Waals surface area contributed by atoms with Gasteiger partial charge >= 0.3 is 5.97 Å². The minimum Gasteiger partial charge on any atom is -0.460 e. The van der Waals surface area contributed by atoms with Gasteiger partial charge in [-0.15, -0.1) is 0 Å². The van der Waals surface area contributed by atoms with Crippen molar-refractivity contribution in [3.05, 3.63) is 0 Å². The van der Waals surface area contributed by atoms with E-state index in [0.717, 1.165) is 25.9 Å². The summed E-state index contributed by atoms with van der Waals surface area (Å²) in [5.41, 5.74) is 0.617. The molecule has 0 aliphatic carbocycles.